The second-order valence-corrected chi connectivity index (χ2v) is 7.98. The van der Waals surface area contributed by atoms with Gasteiger partial charge in [0.2, 0.25) is 15.9 Å². The number of carbonyl (C=O) groups is 1. The monoisotopic (exact) mass is 374 g/mol. The quantitative estimate of drug-likeness (QED) is 0.839. The second-order valence-electron chi connectivity index (χ2n) is 6.45. The van der Waals surface area contributed by atoms with E-state index in [-0.39, 0.29) is 23.0 Å². The zero-order chi connectivity index (χ0) is 18.7. The molecule has 26 heavy (non-hydrogen) atoms. The minimum Gasteiger partial charge on any atom is -0.495 e. The van der Waals surface area contributed by atoms with Gasteiger partial charge in [-0.15, -0.1) is 0 Å². The molecule has 1 amide bonds. The van der Waals surface area contributed by atoms with Crippen molar-refractivity contribution in [3.63, 3.8) is 0 Å². The predicted molar refractivity (Wildman–Crippen MR) is 99.8 cm³/mol. The summed E-state index contributed by atoms with van der Waals surface area (Å²) in [7, 11) is -2.59. The van der Waals surface area contributed by atoms with Crippen molar-refractivity contribution in [3.8, 4) is 5.75 Å². The second kappa shape index (κ2) is 7.47. The number of rotatable bonds is 5. The highest BCUT2D eigenvalue weighted by Crippen LogP contribution is 2.26. The average molecular weight is 374 g/mol. The van der Waals surface area contributed by atoms with Gasteiger partial charge in [0.1, 0.15) is 10.6 Å². The molecule has 0 aromatic heterocycles. The van der Waals surface area contributed by atoms with Gasteiger partial charge in [0.05, 0.1) is 13.5 Å². The Morgan fingerprint density at radius 1 is 1.12 bits per heavy atom. The van der Waals surface area contributed by atoms with Crippen LogP contribution in [0.25, 0.3) is 0 Å². The lowest BCUT2D eigenvalue weighted by molar-refractivity contribution is -0.115. The van der Waals surface area contributed by atoms with E-state index in [2.05, 4.69) is 17.4 Å². The van der Waals surface area contributed by atoms with Gasteiger partial charge in [0.25, 0.3) is 0 Å². The van der Waals surface area contributed by atoms with Gasteiger partial charge in [-0.2, -0.15) is 0 Å². The molecular weight excluding hydrogens is 352 g/mol. The van der Waals surface area contributed by atoms with Crippen LogP contribution in [0.5, 0.6) is 5.75 Å². The first kappa shape index (κ1) is 18.4. The van der Waals surface area contributed by atoms with E-state index < -0.39 is 10.0 Å². The summed E-state index contributed by atoms with van der Waals surface area (Å²) in [5.41, 5.74) is 4.00. The summed E-state index contributed by atoms with van der Waals surface area (Å²) >= 11 is 0. The van der Waals surface area contributed by atoms with E-state index in [4.69, 9.17) is 9.88 Å². The first-order valence-corrected chi connectivity index (χ1v) is 10.0. The van der Waals surface area contributed by atoms with Crippen LogP contribution in [0.2, 0.25) is 0 Å². The number of sulfonamides is 1. The number of nitrogens with two attached hydrogens (primary N) is 1. The summed E-state index contributed by atoms with van der Waals surface area (Å²) in [5, 5.41) is 7.92. The van der Waals surface area contributed by atoms with Crippen molar-refractivity contribution < 1.29 is 17.9 Å². The molecule has 0 radical (unpaired) electrons. The standard InChI is InChI=1S/C19H22N2O4S/c1-25-17-9-8-16(12-18(17)26(20,23)24)21-19(22)11-13-6-7-14-4-2-3-5-15(14)10-13/h6-10,12H,2-5,11H2,1H3,(H,21,22)(H2,20,23,24). The van der Waals surface area contributed by atoms with Crippen LogP contribution in [-0.2, 0) is 34.1 Å². The highest BCUT2D eigenvalue weighted by atomic mass is 32.2. The molecule has 2 aromatic carbocycles. The van der Waals surface area contributed by atoms with Crippen molar-refractivity contribution in [2.75, 3.05) is 12.4 Å². The Kier molecular flexibility index (Phi) is 5.29. The minimum absolute atomic E-state index is 0.139. The number of primary sulfonamides is 1. The molecule has 3 N–H and O–H groups in total. The van der Waals surface area contributed by atoms with Crippen LogP contribution in [0.3, 0.4) is 0 Å². The average Bonchev–Trinajstić information content (AvgIpc) is 2.60. The Labute approximate surface area is 153 Å². The van der Waals surface area contributed by atoms with Crippen LogP contribution >= 0.6 is 0 Å². The highest BCUT2D eigenvalue weighted by Gasteiger charge is 2.17. The summed E-state index contributed by atoms with van der Waals surface area (Å²) in [4.78, 5) is 12.2. The molecule has 0 saturated carbocycles. The van der Waals surface area contributed by atoms with Crippen LogP contribution < -0.4 is 15.2 Å². The Balaban J connectivity index is 1.74. The summed E-state index contributed by atoms with van der Waals surface area (Å²) in [6.45, 7) is 0. The van der Waals surface area contributed by atoms with Crippen molar-refractivity contribution in [2.24, 2.45) is 5.14 Å². The summed E-state index contributed by atoms with van der Waals surface area (Å²) in [5.74, 6) is -0.0773. The van der Waals surface area contributed by atoms with Gasteiger partial charge in [0.15, 0.2) is 0 Å². The molecule has 0 atom stereocenters. The maximum atomic E-state index is 12.3. The van der Waals surface area contributed by atoms with E-state index in [0.717, 1.165) is 18.4 Å². The van der Waals surface area contributed by atoms with E-state index in [1.165, 1.54) is 43.2 Å². The zero-order valence-electron chi connectivity index (χ0n) is 14.6. The van der Waals surface area contributed by atoms with Crippen LogP contribution in [-0.4, -0.2) is 21.4 Å². The fourth-order valence-corrected chi connectivity index (χ4v) is 3.99. The molecule has 7 heteroatoms. The number of anilines is 1. The third-order valence-electron chi connectivity index (χ3n) is 4.53. The Morgan fingerprint density at radius 2 is 1.85 bits per heavy atom. The molecule has 138 valence electrons. The molecule has 3 rings (SSSR count). The number of ether oxygens (including phenoxy) is 1. The minimum atomic E-state index is -3.95. The first-order valence-electron chi connectivity index (χ1n) is 8.48. The molecule has 0 heterocycles. The number of aryl methyl sites for hydroxylation is 2. The number of nitrogens with one attached hydrogen (secondary N) is 1. The Bertz CT molecular complexity index is 939. The number of hydrogen-bond donors (Lipinski definition) is 2. The molecule has 0 aliphatic heterocycles. The first-order chi connectivity index (χ1) is 12.4. The zero-order valence-corrected chi connectivity index (χ0v) is 15.4. The van der Waals surface area contributed by atoms with E-state index >= 15 is 0 Å². The van der Waals surface area contributed by atoms with Crippen molar-refractivity contribution in [2.45, 2.75) is 37.0 Å². The van der Waals surface area contributed by atoms with E-state index in [1.54, 1.807) is 6.07 Å². The molecule has 0 saturated heterocycles. The third-order valence-corrected chi connectivity index (χ3v) is 5.46. The SMILES string of the molecule is COc1ccc(NC(=O)Cc2ccc3c(c2)CCCC3)cc1S(N)(=O)=O. The lowest BCUT2D eigenvalue weighted by Crippen LogP contribution is -2.17. The van der Waals surface area contributed by atoms with Gasteiger partial charge in [-0.25, -0.2) is 13.6 Å². The predicted octanol–water partition coefficient (Wildman–Crippen LogP) is 2.40. The van der Waals surface area contributed by atoms with E-state index in [9.17, 15) is 13.2 Å². The molecule has 0 bridgehead atoms. The fourth-order valence-electron chi connectivity index (χ4n) is 3.26. The van der Waals surface area contributed by atoms with Gasteiger partial charge in [0, 0.05) is 5.69 Å². The van der Waals surface area contributed by atoms with Crippen LogP contribution in [0.1, 0.15) is 29.5 Å². The smallest absolute Gasteiger partial charge is 0.241 e. The van der Waals surface area contributed by atoms with Crippen LogP contribution in [0.15, 0.2) is 41.3 Å². The van der Waals surface area contributed by atoms with Gasteiger partial charge in [-0.1, -0.05) is 18.2 Å². The molecule has 0 fully saturated rings. The lowest BCUT2D eigenvalue weighted by Gasteiger charge is -2.16. The van der Waals surface area contributed by atoms with Crippen molar-refractivity contribution in [3.05, 3.63) is 53.1 Å². The Morgan fingerprint density at radius 3 is 2.54 bits per heavy atom. The summed E-state index contributed by atoms with van der Waals surface area (Å²) in [6.07, 6.45) is 4.79. The van der Waals surface area contributed by atoms with Crippen molar-refractivity contribution >= 4 is 21.6 Å². The lowest BCUT2D eigenvalue weighted by atomic mass is 9.90. The van der Waals surface area contributed by atoms with E-state index in [1.807, 2.05) is 6.07 Å². The maximum absolute atomic E-state index is 12.3. The fraction of sp³-hybridized carbons (Fsp3) is 0.316. The molecule has 0 unspecified atom stereocenters. The number of benzene rings is 2. The number of carbonyl (C=O) groups excluding carboxylic acids is 1. The molecule has 1 aliphatic rings. The molecule has 2 aromatic rings. The molecule has 6 nitrogen and oxygen atoms in total. The molecule has 0 spiro atoms. The van der Waals surface area contributed by atoms with E-state index in [0.29, 0.717) is 5.69 Å². The third kappa shape index (κ3) is 4.23. The normalized spacial score (nSPS) is 13.8. The van der Waals surface area contributed by atoms with Crippen LogP contribution in [0.4, 0.5) is 5.69 Å². The largest absolute Gasteiger partial charge is 0.495 e. The van der Waals surface area contributed by atoms with Gasteiger partial charge in [-0.05, 0) is 60.6 Å². The molecular formula is C19H22N2O4S. The van der Waals surface area contributed by atoms with Gasteiger partial charge >= 0.3 is 0 Å². The number of methoxy groups -OCH3 is 1. The van der Waals surface area contributed by atoms with Crippen molar-refractivity contribution in [1.82, 2.24) is 0 Å². The summed E-state index contributed by atoms with van der Waals surface area (Å²) in [6, 6.07) is 10.5. The van der Waals surface area contributed by atoms with Crippen LogP contribution in [0, 0.1) is 0 Å². The number of amides is 1. The number of hydrogen-bond acceptors (Lipinski definition) is 4. The topological polar surface area (TPSA) is 98.5 Å². The van der Waals surface area contributed by atoms with Gasteiger partial charge < -0.3 is 10.1 Å². The number of fused-ring (bicyclic) bond motifs is 1. The Hall–Kier alpha value is -2.38. The molecule has 1 aliphatic carbocycles. The maximum Gasteiger partial charge on any atom is 0.241 e. The summed E-state index contributed by atoms with van der Waals surface area (Å²) < 4.78 is 28.3. The van der Waals surface area contributed by atoms with Gasteiger partial charge in [-0.3, -0.25) is 4.79 Å². The van der Waals surface area contributed by atoms with Crippen molar-refractivity contribution in [1.29, 1.82) is 0 Å². The highest BCUT2D eigenvalue weighted by molar-refractivity contribution is 7.89.